The number of aliphatic hydroxyl groups excluding tert-OH is 1. The van der Waals surface area contributed by atoms with Gasteiger partial charge in [-0.3, -0.25) is 4.79 Å². The first kappa shape index (κ1) is 18.4. The van der Waals surface area contributed by atoms with E-state index in [2.05, 4.69) is 5.32 Å². The summed E-state index contributed by atoms with van der Waals surface area (Å²) in [7, 11) is -1.87. The summed E-state index contributed by atoms with van der Waals surface area (Å²) in [6.07, 6.45) is -1.41. The van der Waals surface area contributed by atoms with Gasteiger partial charge in [-0.15, -0.1) is 0 Å². The van der Waals surface area contributed by atoms with Gasteiger partial charge in [0.1, 0.15) is 11.3 Å². The Hall–Kier alpha value is -2.39. The molecule has 0 aliphatic carbocycles. The third-order valence-electron chi connectivity index (χ3n) is 4.50. The van der Waals surface area contributed by atoms with Gasteiger partial charge >= 0.3 is 5.63 Å². The van der Waals surface area contributed by atoms with Gasteiger partial charge in [-0.2, -0.15) is 0 Å². The maximum atomic E-state index is 12.3. The van der Waals surface area contributed by atoms with Gasteiger partial charge in [-0.05, 0) is 24.6 Å². The Morgan fingerprint density at radius 2 is 2.12 bits per heavy atom. The van der Waals surface area contributed by atoms with Crippen LogP contribution in [0.1, 0.15) is 11.1 Å². The molecule has 1 aromatic heterocycles. The molecule has 0 saturated carbocycles. The molecule has 0 radical (unpaired) electrons. The standard InChI is InChI=1S/C17H19NO7S/c1-9-11-4-3-10(24-2)5-15(11)25-17(21)12(9)6-16(20)18-13-7-26(22,23)8-14(13)19/h3-5,13-14,19H,6-8H2,1-2H3,(H,18,20). The van der Waals surface area contributed by atoms with Crippen molar-refractivity contribution in [2.24, 2.45) is 0 Å². The van der Waals surface area contributed by atoms with Crippen LogP contribution in [0.3, 0.4) is 0 Å². The van der Waals surface area contributed by atoms with Crippen LogP contribution in [-0.2, 0) is 21.1 Å². The molecule has 1 aliphatic heterocycles. The zero-order valence-corrected chi connectivity index (χ0v) is 15.1. The molecule has 1 amide bonds. The van der Waals surface area contributed by atoms with E-state index in [-0.39, 0.29) is 23.5 Å². The van der Waals surface area contributed by atoms with Gasteiger partial charge in [0.15, 0.2) is 9.84 Å². The van der Waals surface area contributed by atoms with E-state index in [4.69, 9.17) is 9.15 Å². The van der Waals surface area contributed by atoms with E-state index in [0.717, 1.165) is 0 Å². The average Bonchev–Trinajstić information content (AvgIpc) is 2.82. The molecular weight excluding hydrogens is 362 g/mol. The van der Waals surface area contributed by atoms with Gasteiger partial charge in [0.2, 0.25) is 5.91 Å². The zero-order valence-electron chi connectivity index (χ0n) is 14.3. The first-order valence-corrected chi connectivity index (χ1v) is 9.80. The molecule has 2 atom stereocenters. The number of fused-ring (bicyclic) bond motifs is 1. The van der Waals surface area contributed by atoms with Crippen LogP contribution >= 0.6 is 0 Å². The predicted molar refractivity (Wildman–Crippen MR) is 94.1 cm³/mol. The summed E-state index contributed by atoms with van der Waals surface area (Å²) in [4.78, 5) is 24.5. The maximum Gasteiger partial charge on any atom is 0.340 e. The Morgan fingerprint density at radius 3 is 2.73 bits per heavy atom. The molecule has 0 spiro atoms. The second-order valence-corrected chi connectivity index (χ2v) is 8.50. The molecule has 1 aliphatic rings. The minimum atomic E-state index is -3.37. The predicted octanol–water partition coefficient (Wildman–Crippen LogP) is -0.0734. The van der Waals surface area contributed by atoms with Crippen molar-refractivity contribution in [3.63, 3.8) is 0 Å². The Kier molecular flexibility index (Phi) is 4.76. The quantitative estimate of drug-likeness (QED) is 0.711. The molecule has 2 N–H and O–H groups in total. The number of aryl methyl sites for hydroxylation is 1. The van der Waals surface area contributed by atoms with Gasteiger partial charge in [-0.25, -0.2) is 13.2 Å². The number of carbonyl (C=O) groups is 1. The molecule has 1 fully saturated rings. The van der Waals surface area contributed by atoms with E-state index in [1.54, 1.807) is 25.1 Å². The zero-order chi connectivity index (χ0) is 19.1. The molecule has 2 aromatic rings. The van der Waals surface area contributed by atoms with Crippen molar-refractivity contribution >= 4 is 26.7 Å². The fourth-order valence-electron chi connectivity index (χ4n) is 3.09. The fraction of sp³-hybridized carbons (Fsp3) is 0.412. The van der Waals surface area contributed by atoms with E-state index in [0.29, 0.717) is 22.3 Å². The van der Waals surface area contributed by atoms with Gasteiger partial charge < -0.3 is 19.6 Å². The molecule has 2 unspecified atom stereocenters. The molecule has 0 bridgehead atoms. The van der Waals surface area contributed by atoms with Gasteiger partial charge in [0.25, 0.3) is 0 Å². The monoisotopic (exact) mass is 381 g/mol. The molecule has 26 heavy (non-hydrogen) atoms. The summed E-state index contributed by atoms with van der Waals surface area (Å²) in [5, 5.41) is 12.9. The lowest BCUT2D eigenvalue weighted by Crippen LogP contribution is -2.43. The van der Waals surface area contributed by atoms with Crippen molar-refractivity contribution in [3.05, 3.63) is 39.7 Å². The number of hydrogen-bond donors (Lipinski definition) is 2. The number of hydrogen-bond acceptors (Lipinski definition) is 7. The van der Waals surface area contributed by atoms with Crippen molar-refractivity contribution < 1.29 is 27.5 Å². The number of carbonyl (C=O) groups excluding carboxylic acids is 1. The normalized spacial score (nSPS) is 21.7. The minimum absolute atomic E-state index is 0.190. The number of ether oxygens (including phenoxy) is 1. The molecule has 2 heterocycles. The van der Waals surface area contributed by atoms with Crippen LogP contribution in [0.25, 0.3) is 11.0 Å². The summed E-state index contributed by atoms with van der Waals surface area (Å²) in [6.45, 7) is 1.71. The molecule has 1 saturated heterocycles. The highest BCUT2D eigenvalue weighted by atomic mass is 32.2. The Bertz CT molecular complexity index is 1030. The molecule has 1 aromatic carbocycles. The van der Waals surface area contributed by atoms with Crippen LogP contribution < -0.4 is 15.7 Å². The van der Waals surface area contributed by atoms with Crippen LogP contribution in [0.4, 0.5) is 0 Å². The number of amides is 1. The third-order valence-corrected chi connectivity index (χ3v) is 6.22. The van der Waals surface area contributed by atoms with E-state index >= 15 is 0 Å². The summed E-state index contributed by atoms with van der Waals surface area (Å²) in [5.41, 5.74) is 0.510. The van der Waals surface area contributed by atoms with Crippen LogP contribution in [-0.4, -0.2) is 50.2 Å². The molecule has 140 valence electrons. The Morgan fingerprint density at radius 1 is 1.38 bits per heavy atom. The topological polar surface area (TPSA) is 123 Å². The smallest absolute Gasteiger partial charge is 0.340 e. The first-order valence-electron chi connectivity index (χ1n) is 7.98. The van der Waals surface area contributed by atoms with Crippen molar-refractivity contribution in [1.82, 2.24) is 5.32 Å². The largest absolute Gasteiger partial charge is 0.497 e. The summed E-state index contributed by atoms with van der Waals surface area (Å²) in [5.74, 6) is -0.696. The number of benzene rings is 1. The van der Waals surface area contributed by atoms with Crippen LogP contribution in [0.5, 0.6) is 5.75 Å². The van der Waals surface area contributed by atoms with Crippen molar-refractivity contribution in [2.45, 2.75) is 25.5 Å². The lowest BCUT2D eigenvalue weighted by Gasteiger charge is -2.15. The van der Waals surface area contributed by atoms with Gasteiger partial charge in [0, 0.05) is 11.5 Å². The lowest BCUT2D eigenvalue weighted by molar-refractivity contribution is -0.121. The number of aliphatic hydroxyl groups is 1. The molecule has 3 rings (SSSR count). The number of rotatable bonds is 4. The van der Waals surface area contributed by atoms with Crippen LogP contribution in [0, 0.1) is 6.92 Å². The van der Waals surface area contributed by atoms with Crippen molar-refractivity contribution in [2.75, 3.05) is 18.6 Å². The Labute approximate surface area is 149 Å². The van der Waals surface area contributed by atoms with Crippen molar-refractivity contribution in [3.8, 4) is 5.75 Å². The number of methoxy groups -OCH3 is 1. The summed E-state index contributed by atoms with van der Waals surface area (Å²) < 4.78 is 33.4. The molecule has 8 nitrogen and oxygen atoms in total. The average molecular weight is 381 g/mol. The van der Waals surface area contributed by atoms with E-state index < -0.39 is 33.5 Å². The number of nitrogens with one attached hydrogen (secondary N) is 1. The van der Waals surface area contributed by atoms with Crippen LogP contribution in [0.15, 0.2) is 27.4 Å². The van der Waals surface area contributed by atoms with E-state index in [9.17, 15) is 23.1 Å². The summed E-state index contributed by atoms with van der Waals surface area (Å²) >= 11 is 0. The Balaban J connectivity index is 1.84. The van der Waals surface area contributed by atoms with E-state index in [1.807, 2.05) is 0 Å². The van der Waals surface area contributed by atoms with E-state index in [1.165, 1.54) is 7.11 Å². The fourth-order valence-corrected chi connectivity index (χ4v) is 4.83. The second-order valence-electron chi connectivity index (χ2n) is 6.35. The SMILES string of the molecule is COc1ccc2c(C)c(CC(=O)NC3CS(=O)(=O)CC3O)c(=O)oc2c1. The second kappa shape index (κ2) is 6.73. The molecular formula is C17H19NO7S. The van der Waals surface area contributed by atoms with Crippen molar-refractivity contribution in [1.29, 1.82) is 0 Å². The maximum absolute atomic E-state index is 12.3. The highest BCUT2D eigenvalue weighted by Crippen LogP contribution is 2.24. The molecule has 9 heteroatoms. The van der Waals surface area contributed by atoms with Crippen LogP contribution in [0.2, 0.25) is 0 Å². The highest BCUT2D eigenvalue weighted by molar-refractivity contribution is 7.91. The lowest BCUT2D eigenvalue weighted by atomic mass is 10.0. The first-order chi connectivity index (χ1) is 12.2. The minimum Gasteiger partial charge on any atom is -0.497 e. The summed E-state index contributed by atoms with van der Waals surface area (Å²) in [6, 6.07) is 4.18. The van der Waals surface area contributed by atoms with Gasteiger partial charge in [-0.1, -0.05) is 0 Å². The van der Waals surface area contributed by atoms with Gasteiger partial charge in [0.05, 0.1) is 42.7 Å². The third kappa shape index (κ3) is 3.58. The number of sulfone groups is 1. The highest BCUT2D eigenvalue weighted by Gasteiger charge is 2.37.